The monoisotopic (exact) mass is 570 g/mol. The number of pyridine rings is 1. The number of methoxy groups -OCH3 is 2. The molecule has 0 bridgehead atoms. The number of rotatable bonds is 12. The molecule has 9 nitrogen and oxygen atoms in total. The number of benzene rings is 3. The van der Waals surface area contributed by atoms with Gasteiger partial charge in [-0.2, -0.15) is 0 Å². The van der Waals surface area contributed by atoms with E-state index < -0.39 is 6.09 Å². The van der Waals surface area contributed by atoms with Crippen molar-refractivity contribution in [2.45, 2.75) is 20.3 Å². The van der Waals surface area contributed by atoms with E-state index in [0.717, 1.165) is 41.1 Å². The molecule has 0 saturated heterocycles. The van der Waals surface area contributed by atoms with Crippen LogP contribution in [0.5, 0.6) is 23.0 Å². The van der Waals surface area contributed by atoms with Gasteiger partial charge in [-0.3, -0.25) is 5.32 Å². The number of carbonyl (C=O) groups is 1. The molecule has 1 heterocycles. The first-order chi connectivity index (χ1) is 20.2. The number of anilines is 3. The van der Waals surface area contributed by atoms with Crippen molar-refractivity contribution in [3.8, 4) is 34.3 Å². The van der Waals surface area contributed by atoms with E-state index in [2.05, 4.69) is 28.5 Å². The molecule has 0 spiro atoms. The number of ether oxygens (including phenoxy) is 4. The smallest absolute Gasteiger partial charge is 0.417 e. The second-order valence-electron chi connectivity index (χ2n) is 10.1. The Hall–Kier alpha value is -4.76. The summed E-state index contributed by atoms with van der Waals surface area (Å²) in [5.74, 6) is 2.71. The fourth-order valence-corrected chi connectivity index (χ4v) is 4.29. The van der Waals surface area contributed by atoms with Crippen LogP contribution < -0.4 is 29.6 Å². The van der Waals surface area contributed by atoms with Gasteiger partial charge in [0.05, 0.1) is 32.2 Å². The van der Waals surface area contributed by atoms with Crippen molar-refractivity contribution < 1.29 is 23.7 Å². The van der Waals surface area contributed by atoms with Crippen molar-refractivity contribution in [1.29, 1.82) is 0 Å². The van der Waals surface area contributed by atoms with Gasteiger partial charge < -0.3 is 29.2 Å². The van der Waals surface area contributed by atoms with Crippen LogP contribution in [0, 0.1) is 13.8 Å². The van der Waals surface area contributed by atoms with Crippen LogP contribution in [-0.4, -0.2) is 57.4 Å². The Kier molecular flexibility index (Phi) is 10.2. The zero-order valence-electron chi connectivity index (χ0n) is 25.0. The third kappa shape index (κ3) is 8.14. The van der Waals surface area contributed by atoms with Crippen LogP contribution in [0.25, 0.3) is 11.3 Å². The molecule has 0 aliphatic heterocycles. The number of amides is 1. The number of aryl methyl sites for hydroxylation is 1. The SMILES string of the molecule is COc1ccc(NC(=O)Oc2cc(Nc3ccc(OCCCN(C)C)cc3)nc(-c3cccc(C)c3C)c2)c(OC)c1. The van der Waals surface area contributed by atoms with E-state index in [1.54, 1.807) is 37.4 Å². The molecule has 220 valence electrons. The lowest BCUT2D eigenvalue weighted by molar-refractivity contribution is 0.215. The molecule has 0 aliphatic rings. The summed E-state index contributed by atoms with van der Waals surface area (Å²) in [5, 5.41) is 6.08. The minimum Gasteiger partial charge on any atom is -0.497 e. The molecule has 0 saturated carbocycles. The predicted molar refractivity (Wildman–Crippen MR) is 167 cm³/mol. The number of carbonyl (C=O) groups excluding carboxylic acids is 1. The zero-order chi connectivity index (χ0) is 30.1. The number of nitrogens with one attached hydrogen (secondary N) is 2. The van der Waals surface area contributed by atoms with E-state index in [4.69, 9.17) is 23.9 Å². The average molecular weight is 571 g/mol. The van der Waals surface area contributed by atoms with Crippen LogP contribution in [0.1, 0.15) is 17.5 Å². The second-order valence-corrected chi connectivity index (χ2v) is 10.1. The van der Waals surface area contributed by atoms with Gasteiger partial charge in [-0.05, 0) is 81.9 Å². The van der Waals surface area contributed by atoms with E-state index >= 15 is 0 Å². The fourth-order valence-electron chi connectivity index (χ4n) is 4.29. The van der Waals surface area contributed by atoms with Crippen LogP contribution in [0.2, 0.25) is 0 Å². The Labute approximate surface area is 247 Å². The number of hydrogen-bond acceptors (Lipinski definition) is 8. The maximum atomic E-state index is 12.9. The summed E-state index contributed by atoms with van der Waals surface area (Å²) in [7, 11) is 7.18. The van der Waals surface area contributed by atoms with Gasteiger partial charge in [-0.15, -0.1) is 0 Å². The first-order valence-corrected chi connectivity index (χ1v) is 13.7. The third-order valence-electron chi connectivity index (χ3n) is 6.68. The summed E-state index contributed by atoms with van der Waals surface area (Å²) in [5.41, 5.74) is 5.13. The van der Waals surface area contributed by atoms with E-state index in [9.17, 15) is 4.79 Å². The molecular weight excluding hydrogens is 532 g/mol. The Bertz CT molecular complexity index is 1510. The zero-order valence-corrected chi connectivity index (χ0v) is 25.0. The second kappa shape index (κ2) is 14.2. The molecule has 42 heavy (non-hydrogen) atoms. The highest BCUT2D eigenvalue weighted by Crippen LogP contribution is 2.32. The molecule has 0 unspecified atom stereocenters. The molecule has 2 N–H and O–H groups in total. The summed E-state index contributed by atoms with van der Waals surface area (Å²) in [6.07, 6.45) is 0.280. The minimum absolute atomic E-state index is 0.328. The van der Waals surface area contributed by atoms with E-state index in [1.807, 2.05) is 57.4 Å². The van der Waals surface area contributed by atoms with Crippen LogP contribution in [0.15, 0.2) is 72.8 Å². The molecule has 0 fully saturated rings. The standard InChI is InChI=1S/C33H38N4O5/c1-22-9-7-10-28(23(22)2)30-19-27(42-33(38)36-29-16-15-26(39-5)20-31(29)40-6)21-32(35-30)34-24-11-13-25(14-12-24)41-18-8-17-37(3)4/h7,9-16,19-21H,8,17-18H2,1-6H3,(H,34,35)(H,36,38). The molecule has 9 heteroatoms. The summed E-state index contributed by atoms with van der Waals surface area (Å²) in [6, 6.07) is 22.3. The highest BCUT2D eigenvalue weighted by Gasteiger charge is 2.15. The quantitative estimate of drug-likeness (QED) is 0.175. The van der Waals surface area contributed by atoms with Gasteiger partial charge >= 0.3 is 6.09 Å². The Morgan fingerprint density at radius 1 is 0.881 bits per heavy atom. The Morgan fingerprint density at radius 2 is 1.64 bits per heavy atom. The third-order valence-corrected chi connectivity index (χ3v) is 6.68. The molecule has 0 atom stereocenters. The van der Waals surface area contributed by atoms with Gasteiger partial charge in [0.2, 0.25) is 0 Å². The van der Waals surface area contributed by atoms with Gasteiger partial charge in [-0.25, -0.2) is 9.78 Å². The summed E-state index contributed by atoms with van der Waals surface area (Å²) in [4.78, 5) is 19.9. The molecule has 0 radical (unpaired) electrons. The lowest BCUT2D eigenvalue weighted by atomic mass is 10.0. The van der Waals surface area contributed by atoms with Gasteiger partial charge in [0.15, 0.2) is 0 Å². The normalized spacial score (nSPS) is 10.7. The Morgan fingerprint density at radius 3 is 2.36 bits per heavy atom. The van der Waals surface area contributed by atoms with Crippen LogP contribution in [-0.2, 0) is 0 Å². The predicted octanol–water partition coefficient (Wildman–Crippen LogP) is 7.07. The minimum atomic E-state index is -0.668. The van der Waals surface area contributed by atoms with Gasteiger partial charge in [-0.1, -0.05) is 18.2 Å². The fraction of sp³-hybridized carbons (Fsp3) is 0.273. The average Bonchev–Trinajstić information content (AvgIpc) is 2.97. The summed E-state index contributed by atoms with van der Waals surface area (Å²) in [6.45, 7) is 5.72. The first-order valence-electron chi connectivity index (χ1n) is 13.7. The molecule has 0 aliphatic carbocycles. The van der Waals surface area contributed by atoms with Crippen molar-refractivity contribution in [3.05, 3.63) is 83.9 Å². The maximum absolute atomic E-state index is 12.9. The van der Waals surface area contributed by atoms with Crippen molar-refractivity contribution in [2.75, 3.05) is 52.1 Å². The first kappa shape index (κ1) is 30.2. The Balaban J connectivity index is 1.56. The topological polar surface area (TPSA) is 94.2 Å². The number of nitrogens with zero attached hydrogens (tertiary/aromatic N) is 2. The van der Waals surface area contributed by atoms with Crippen molar-refractivity contribution in [3.63, 3.8) is 0 Å². The lowest BCUT2D eigenvalue weighted by Crippen LogP contribution is -2.17. The maximum Gasteiger partial charge on any atom is 0.417 e. The summed E-state index contributed by atoms with van der Waals surface area (Å²) < 4.78 is 22.2. The van der Waals surface area contributed by atoms with Crippen LogP contribution in [0.3, 0.4) is 0 Å². The van der Waals surface area contributed by atoms with E-state index in [-0.39, 0.29) is 0 Å². The van der Waals surface area contributed by atoms with Gasteiger partial charge in [0.1, 0.15) is 28.8 Å². The van der Waals surface area contributed by atoms with Crippen LogP contribution in [0.4, 0.5) is 22.0 Å². The molecule has 4 aromatic rings. The van der Waals surface area contributed by atoms with Gasteiger partial charge in [0, 0.05) is 36.0 Å². The summed E-state index contributed by atoms with van der Waals surface area (Å²) >= 11 is 0. The van der Waals surface area contributed by atoms with E-state index in [1.165, 1.54) is 7.11 Å². The van der Waals surface area contributed by atoms with Crippen molar-refractivity contribution >= 4 is 23.3 Å². The van der Waals surface area contributed by atoms with Gasteiger partial charge in [0.25, 0.3) is 0 Å². The highest BCUT2D eigenvalue weighted by molar-refractivity contribution is 5.88. The molecule has 1 amide bonds. The lowest BCUT2D eigenvalue weighted by Gasteiger charge is -2.15. The van der Waals surface area contributed by atoms with Crippen LogP contribution >= 0.6 is 0 Å². The number of aromatic nitrogens is 1. The number of hydrogen-bond donors (Lipinski definition) is 2. The van der Waals surface area contributed by atoms with E-state index in [0.29, 0.717) is 41.1 Å². The largest absolute Gasteiger partial charge is 0.497 e. The molecule has 4 rings (SSSR count). The highest BCUT2D eigenvalue weighted by atomic mass is 16.6. The van der Waals surface area contributed by atoms with Crippen molar-refractivity contribution in [1.82, 2.24) is 9.88 Å². The molecule has 3 aromatic carbocycles. The molecule has 1 aromatic heterocycles. The molecular formula is C33H38N4O5. The van der Waals surface area contributed by atoms with Crippen molar-refractivity contribution in [2.24, 2.45) is 0 Å².